The molecule has 2 amide bonds. The number of halogens is 1. The van der Waals surface area contributed by atoms with E-state index in [2.05, 4.69) is 20.9 Å². The van der Waals surface area contributed by atoms with Gasteiger partial charge in [0.05, 0.1) is 11.9 Å². The molecule has 0 unspecified atom stereocenters. The Labute approximate surface area is 168 Å². The van der Waals surface area contributed by atoms with Crippen molar-refractivity contribution in [2.45, 2.75) is 13.5 Å². The molecule has 0 bridgehead atoms. The molecule has 0 saturated carbocycles. The lowest BCUT2D eigenvalue weighted by Crippen LogP contribution is -2.23. The van der Waals surface area contributed by atoms with Crippen LogP contribution in [0.25, 0.3) is 0 Å². The summed E-state index contributed by atoms with van der Waals surface area (Å²) in [7, 11) is 0. The molecule has 6 nitrogen and oxygen atoms in total. The van der Waals surface area contributed by atoms with Gasteiger partial charge in [0.15, 0.2) is 0 Å². The Balaban J connectivity index is 1.55. The minimum Gasteiger partial charge on any atom is -0.354 e. The molecule has 3 aromatic rings. The monoisotopic (exact) mass is 394 g/mol. The number of carbonyl (C=O) groups excluding carboxylic acids is 2. The molecule has 0 radical (unpaired) electrons. The molecule has 3 rings (SSSR count). The van der Waals surface area contributed by atoms with Gasteiger partial charge in [0, 0.05) is 29.9 Å². The largest absolute Gasteiger partial charge is 0.354 e. The van der Waals surface area contributed by atoms with E-state index in [1.54, 1.807) is 42.6 Å². The molecule has 0 fully saturated rings. The van der Waals surface area contributed by atoms with Gasteiger partial charge in [0.25, 0.3) is 5.91 Å². The molecule has 0 saturated heterocycles. The van der Waals surface area contributed by atoms with Gasteiger partial charge >= 0.3 is 0 Å². The molecule has 2 aromatic carbocycles. The third kappa shape index (κ3) is 5.56. The lowest BCUT2D eigenvalue weighted by Gasteiger charge is -2.09. The third-order valence-corrected chi connectivity index (χ3v) is 4.11. The first kappa shape index (κ1) is 19.4. The number of rotatable bonds is 6. The van der Waals surface area contributed by atoms with E-state index in [9.17, 15) is 9.59 Å². The number of benzene rings is 2. The SMILES string of the molecule is CC(=O)Nc1ccc(Nc2ccc(C(=O)NCc3ccc(Cl)cc3)nc2)cc1. The summed E-state index contributed by atoms with van der Waals surface area (Å²) >= 11 is 5.85. The second kappa shape index (κ2) is 9.01. The highest BCUT2D eigenvalue weighted by Crippen LogP contribution is 2.18. The predicted octanol–water partition coefficient (Wildman–Crippen LogP) is 4.37. The van der Waals surface area contributed by atoms with Gasteiger partial charge < -0.3 is 16.0 Å². The van der Waals surface area contributed by atoms with Gasteiger partial charge in [-0.15, -0.1) is 0 Å². The Bertz CT molecular complexity index is 955. The summed E-state index contributed by atoms with van der Waals surface area (Å²) in [5, 5.41) is 9.39. The van der Waals surface area contributed by atoms with Crippen molar-refractivity contribution in [2.75, 3.05) is 10.6 Å². The van der Waals surface area contributed by atoms with Crippen molar-refractivity contribution in [2.24, 2.45) is 0 Å². The van der Waals surface area contributed by atoms with Crippen molar-refractivity contribution in [3.05, 3.63) is 83.1 Å². The van der Waals surface area contributed by atoms with Crippen molar-refractivity contribution in [1.82, 2.24) is 10.3 Å². The maximum Gasteiger partial charge on any atom is 0.270 e. The first-order chi connectivity index (χ1) is 13.5. The summed E-state index contributed by atoms with van der Waals surface area (Å²) in [6.07, 6.45) is 1.60. The highest BCUT2D eigenvalue weighted by molar-refractivity contribution is 6.30. The van der Waals surface area contributed by atoms with Crippen LogP contribution in [0.1, 0.15) is 23.0 Å². The van der Waals surface area contributed by atoms with Crippen LogP contribution in [0.2, 0.25) is 5.02 Å². The van der Waals surface area contributed by atoms with Crippen LogP contribution in [0, 0.1) is 0 Å². The van der Waals surface area contributed by atoms with Gasteiger partial charge in [0.1, 0.15) is 5.69 Å². The highest BCUT2D eigenvalue weighted by atomic mass is 35.5. The Kier molecular flexibility index (Phi) is 6.24. The predicted molar refractivity (Wildman–Crippen MR) is 111 cm³/mol. The molecule has 0 aliphatic carbocycles. The molecule has 0 aliphatic rings. The molecule has 0 aliphatic heterocycles. The van der Waals surface area contributed by atoms with Crippen LogP contribution in [-0.4, -0.2) is 16.8 Å². The Morgan fingerprint density at radius 1 is 0.893 bits per heavy atom. The van der Waals surface area contributed by atoms with Crippen LogP contribution in [0.15, 0.2) is 66.9 Å². The molecule has 3 N–H and O–H groups in total. The highest BCUT2D eigenvalue weighted by Gasteiger charge is 2.07. The topological polar surface area (TPSA) is 83.1 Å². The van der Waals surface area contributed by atoms with E-state index in [1.807, 2.05) is 24.3 Å². The number of hydrogen-bond donors (Lipinski definition) is 3. The average molecular weight is 395 g/mol. The number of anilines is 3. The van der Waals surface area contributed by atoms with E-state index < -0.39 is 0 Å². The molecule has 7 heteroatoms. The number of hydrogen-bond acceptors (Lipinski definition) is 4. The zero-order chi connectivity index (χ0) is 19.9. The Morgan fingerprint density at radius 2 is 1.54 bits per heavy atom. The molecule has 28 heavy (non-hydrogen) atoms. The molecule has 1 aromatic heterocycles. The first-order valence-electron chi connectivity index (χ1n) is 8.63. The van der Waals surface area contributed by atoms with Gasteiger partial charge in [-0.05, 0) is 54.1 Å². The number of nitrogens with zero attached hydrogens (tertiary/aromatic N) is 1. The van der Waals surface area contributed by atoms with Gasteiger partial charge in [-0.1, -0.05) is 23.7 Å². The molecule has 1 heterocycles. The van der Waals surface area contributed by atoms with Crippen molar-refractivity contribution < 1.29 is 9.59 Å². The lowest BCUT2D eigenvalue weighted by molar-refractivity contribution is -0.114. The Hall–Kier alpha value is -3.38. The van der Waals surface area contributed by atoms with Crippen LogP contribution in [0.5, 0.6) is 0 Å². The first-order valence-corrected chi connectivity index (χ1v) is 9.01. The van der Waals surface area contributed by atoms with E-state index in [0.29, 0.717) is 17.3 Å². The van der Waals surface area contributed by atoms with E-state index in [4.69, 9.17) is 11.6 Å². The number of aromatic nitrogens is 1. The van der Waals surface area contributed by atoms with Crippen molar-refractivity contribution in [1.29, 1.82) is 0 Å². The maximum atomic E-state index is 12.2. The van der Waals surface area contributed by atoms with Crippen LogP contribution in [0.4, 0.5) is 17.1 Å². The van der Waals surface area contributed by atoms with Crippen LogP contribution in [-0.2, 0) is 11.3 Å². The summed E-state index contributed by atoms with van der Waals surface area (Å²) in [5.74, 6) is -0.365. The molecular weight excluding hydrogens is 376 g/mol. The van der Waals surface area contributed by atoms with Gasteiger partial charge in [0.2, 0.25) is 5.91 Å². The van der Waals surface area contributed by atoms with E-state index in [1.165, 1.54) is 6.92 Å². The quantitative estimate of drug-likeness (QED) is 0.579. The fourth-order valence-electron chi connectivity index (χ4n) is 2.48. The number of nitrogens with one attached hydrogen (secondary N) is 3. The van der Waals surface area contributed by atoms with Crippen molar-refractivity contribution >= 4 is 40.5 Å². The molecule has 0 atom stereocenters. The Morgan fingerprint density at radius 3 is 2.14 bits per heavy atom. The summed E-state index contributed by atoms with van der Waals surface area (Å²) in [5.41, 5.74) is 3.61. The fourth-order valence-corrected chi connectivity index (χ4v) is 2.61. The summed E-state index contributed by atoms with van der Waals surface area (Å²) in [4.78, 5) is 27.5. The van der Waals surface area contributed by atoms with Crippen LogP contribution < -0.4 is 16.0 Å². The molecule has 0 spiro atoms. The fraction of sp³-hybridized carbons (Fsp3) is 0.0952. The second-order valence-corrected chi connectivity index (χ2v) is 6.56. The molecule has 142 valence electrons. The van der Waals surface area contributed by atoms with Crippen LogP contribution >= 0.6 is 11.6 Å². The lowest BCUT2D eigenvalue weighted by atomic mass is 10.2. The molecular formula is C21H19ClN4O2. The van der Waals surface area contributed by atoms with Crippen LogP contribution in [0.3, 0.4) is 0 Å². The van der Waals surface area contributed by atoms with E-state index in [0.717, 1.165) is 22.6 Å². The van der Waals surface area contributed by atoms with Crippen molar-refractivity contribution in [3.8, 4) is 0 Å². The zero-order valence-corrected chi connectivity index (χ0v) is 16.0. The number of carbonyl (C=O) groups is 2. The van der Waals surface area contributed by atoms with Crippen molar-refractivity contribution in [3.63, 3.8) is 0 Å². The standard InChI is InChI=1S/C21H19ClN4O2/c1-14(27)25-17-6-8-18(9-7-17)26-19-10-11-20(23-13-19)21(28)24-12-15-2-4-16(22)5-3-15/h2-11,13,26H,12H2,1H3,(H,24,28)(H,25,27). The average Bonchev–Trinajstić information content (AvgIpc) is 2.69. The van der Waals surface area contributed by atoms with E-state index >= 15 is 0 Å². The minimum absolute atomic E-state index is 0.116. The third-order valence-electron chi connectivity index (χ3n) is 3.86. The number of amides is 2. The maximum absolute atomic E-state index is 12.2. The minimum atomic E-state index is -0.249. The van der Waals surface area contributed by atoms with Gasteiger partial charge in [-0.25, -0.2) is 4.98 Å². The summed E-state index contributed by atoms with van der Waals surface area (Å²) < 4.78 is 0. The van der Waals surface area contributed by atoms with E-state index in [-0.39, 0.29) is 11.8 Å². The smallest absolute Gasteiger partial charge is 0.270 e. The van der Waals surface area contributed by atoms with Gasteiger partial charge in [-0.3, -0.25) is 9.59 Å². The normalized spacial score (nSPS) is 10.2. The summed E-state index contributed by atoms with van der Waals surface area (Å²) in [6.45, 7) is 1.86. The zero-order valence-electron chi connectivity index (χ0n) is 15.2. The summed E-state index contributed by atoms with van der Waals surface area (Å²) in [6, 6.07) is 18.0. The van der Waals surface area contributed by atoms with Gasteiger partial charge in [-0.2, -0.15) is 0 Å². The number of pyridine rings is 1. The second-order valence-electron chi connectivity index (χ2n) is 6.12.